The highest BCUT2D eigenvalue weighted by molar-refractivity contribution is 6.90. The van der Waals surface area contributed by atoms with Crippen molar-refractivity contribution in [1.82, 2.24) is 56.8 Å². The van der Waals surface area contributed by atoms with Crippen LogP contribution < -0.4 is 42.4 Å². The number of hydrogen-bond acceptors (Lipinski definition) is 18. The Morgan fingerprint density at radius 3 is 1.21 bits per heavy atom. The van der Waals surface area contributed by atoms with E-state index in [0.717, 1.165) is 0 Å². The average Bonchev–Trinajstić information content (AvgIpc) is 0.749. The van der Waals surface area contributed by atoms with E-state index in [4.69, 9.17) is 5.11 Å². The van der Waals surface area contributed by atoms with Crippen LogP contribution in [0.2, 0.25) is 10.1 Å². The molecule has 1 aliphatic heterocycles. The summed E-state index contributed by atoms with van der Waals surface area (Å²) in [5, 5.41) is 93.6. The molecule has 1 heterocycles. The zero-order chi connectivity index (χ0) is 74.6. The van der Waals surface area contributed by atoms with Gasteiger partial charge in [-0.25, -0.2) is 19.2 Å². The minimum absolute atomic E-state index is 0.0218. The van der Waals surface area contributed by atoms with E-state index in [0.29, 0.717) is 37.3 Å². The van der Waals surface area contributed by atoms with Crippen LogP contribution in [0.4, 0.5) is 8.90 Å². The fourth-order valence-corrected chi connectivity index (χ4v) is 16.2. The molecular weight excluding hydrogens is 1320 g/mol. The average molecular weight is 1430 g/mol. The van der Waals surface area contributed by atoms with Gasteiger partial charge in [0.15, 0.2) is 0 Å². The second-order valence-corrected chi connectivity index (χ2v) is 31.6. The molecule has 558 valence electrons. The van der Waals surface area contributed by atoms with Gasteiger partial charge in [-0.3, -0.25) is 67.5 Å². The van der Waals surface area contributed by atoms with E-state index in [1.165, 1.54) is 43.9 Å². The molecule has 0 aromatic heterocycles. The van der Waals surface area contributed by atoms with Gasteiger partial charge in [-0.15, -0.1) is 0 Å². The monoisotopic (exact) mass is 1430 g/mol. The summed E-state index contributed by atoms with van der Waals surface area (Å²) in [6, 6.07) is -2.49. The van der Waals surface area contributed by atoms with Crippen LogP contribution in [0.15, 0.2) is 24.3 Å². The fraction of sp³-hybridized carbons (Fsp3) is 0.688. The Balaban J connectivity index is 2.08. The lowest BCUT2D eigenvalue weighted by Gasteiger charge is -2.44. The number of unbranched alkanes of at least 4 members (excludes halogenated alkanes) is 5. The molecule has 35 heteroatoms. The number of carbonyl (C=O) groups is 14. The summed E-state index contributed by atoms with van der Waals surface area (Å²) < 4.78 is 17.1. The first kappa shape index (κ1) is 86.7. The van der Waals surface area contributed by atoms with Crippen LogP contribution in [0.25, 0.3) is 0 Å². The van der Waals surface area contributed by atoms with Gasteiger partial charge in [0.25, 0.3) is 14.3 Å². The second-order valence-electron chi connectivity index (χ2n) is 26.7. The molecule has 0 aliphatic carbocycles. The van der Waals surface area contributed by atoms with E-state index < -0.39 is 159 Å². The van der Waals surface area contributed by atoms with Crippen LogP contribution in [-0.2, 0) is 57.5 Å². The van der Waals surface area contributed by atoms with Gasteiger partial charge in [0.1, 0.15) is 30.2 Å². The van der Waals surface area contributed by atoms with Crippen molar-refractivity contribution in [3.63, 3.8) is 0 Å². The molecule has 15 N–H and O–H groups in total. The van der Waals surface area contributed by atoms with Crippen molar-refractivity contribution in [2.75, 3.05) is 91.6 Å². The molecule has 0 radical (unpaired) electrons. The number of hydrogen-bond donors (Lipinski definition) is 15. The van der Waals surface area contributed by atoms with Gasteiger partial charge in [-0.1, -0.05) is 66.5 Å². The predicted molar refractivity (Wildman–Crippen MR) is 358 cm³/mol. The van der Waals surface area contributed by atoms with Gasteiger partial charge in [-0.05, 0) is 98.0 Å². The number of carboxylic acids is 8. The summed E-state index contributed by atoms with van der Waals surface area (Å²) in [4.78, 5) is 180. The lowest BCUT2D eigenvalue weighted by atomic mass is 10.1. The van der Waals surface area contributed by atoms with Crippen molar-refractivity contribution >= 4 is 96.9 Å². The summed E-state index contributed by atoms with van der Waals surface area (Å²) in [5.41, 5.74) is 0.0724. The Bertz CT molecular complexity index is 2830. The maximum absolute atomic E-state index is 17.1. The lowest BCUT2D eigenvalue weighted by Crippen LogP contribution is -2.58. The molecule has 1 aromatic rings. The molecule has 1 aliphatic rings. The largest absolute Gasteiger partial charge is 0.481 e. The molecule has 7 amide bonds. The van der Waals surface area contributed by atoms with E-state index in [9.17, 15) is 103 Å². The Kier molecular flexibility index (Phi) is 38.4. The number of carboxylic acid groups (broad SMARTS) is 8. The third-order valence-corrected chi connectivity index (χ3v) is 22.1. The maximum atomic E-state index is 17.1. The van der Waals surface area contributed by atoms with Gasteiger partial charge in [-0.2, -0.15) is 0 Å². The van der Waals surface area contributed by atoms with E-state index in [1.54, 1.807) is 0 Å². The predicted octanol–water partition coefficient (Wildman–Crippen LogP) is 1.28. The number of amides is 7. The Morgan fingerprint density at radius 1 is 0.424 bits per heavy atom. The number of aliphatic carboxylic acids is 8. The van der Waals surface area contributed by atoms with Crippen LogP contribution in [0.5, 0.6) is 0 Å². The zero-order valence-electron chi connectivity index (χ0n) is 57.6. The van der Waals surface area contributed by atoms with Crippen molar-refractivity contribution in [1.29, 1.82) is 0 Å². The molecule has 0 spiro atoms. The van der Waals surface area contributed by atoms with Gasteiger partial charge in [0, 0.05) is 103 Å². The SMILES string of the molecule is CC(C)(C)[Si](F)(c1ccc(C(=O)NCC(NC(=O)CCC(C(=O)O)N2CCN(CC(=O)O)CCN(CC(=O)O)CCN(CC(=O)O)CC2)C(=O)NC(CCCCNC(=O)CCCCCCC(=O)NCCCC[C@H](NC(=O)N[C@@H](CCCC(=O)O)C(=O)O)C(=O)O)C(=O)O)cc1)C(C)(C)C. The van der Waals surface area contributed by atoms with E-state index >= 15 is 4.11 Å². The lowest BCUT2D eigenvalue weighted by molar-refractivity contribution is -0.145. The molecule has 0 bridgehead atoms. The zero-order valence-corrected chi connectivity index (χ0v) is 58.6. The summed E-state index contributed by atoms with van der Waals surface area (Å²) in [6.45, 7) is 9.36. The first-order valence-electron chi connectivity index (χ1n) is 33.3. The van der Waals surface area contributed by atoms with E-state index in [1.807, 2.05) is 41.5 Å². The molecule has 1 fully saturated rings. The second kappa shape index (κ2) is 43.9. The number of nitrogens with one attached hydrogen (secondary N) is 7. The van der Waals surface area contributed by atoms with Crippen LogP contribution in [-0.4, -0.2) is 274 Å². The quantitative estimate of drug-likeness (QED) is 0.0248. The molecule has 33 nitrogen and oxygen atoms in total. The van der Waals surface area contributed by atoms with Crippen molar-refractivity contribution in [3.8, 4) is 0 Å². The fourth-order valence-electron chi connectivity index (χ4n) is 11.6. The van der Waals surface area contributed by atoms with E-state index in [2.05, 4.69) is 37.2 Å². The van der Waals surface area contributed by atoms with Gasteiger partial charge < -0.3 is 82.2 Å². The topological polar surface area (TPSA) is 498 Å². The highest BCUT2D eigenvalue weighted by Crippen LogP contribution is 2.51. The third-order valence-electron chi connectivity index (χ3n) is 16.8. The van der Waals surface area contributed by atoms with Crippen molar-refractivity contribution in [3.05, 3.63) is 29.8 Å². The van der Waals surface area contributed by atoms with E-state index in [-0.39, 0.29) is 147 Å². The molecular formula is C64H104FN11O22Si. The molecule has 1 saturated heterocycles. The highest BCUT2D eigenvalue weighted by atomic mass is 28.4. The first-order chi connectivity index (χ1) is 46.3. The Morgan fingerprint density at radius 2 is 0.828 bits per heavy atom. The first-order valence-corrected chi connectivity index (χ1v) is 35.2. The minimum atomic E-state index is -3.74. The number of benzene rings is 1. The van der Waals surface area contributed by atoms with Crippen LogP contribution in [0.3, 0.4) is 0 Å². The highest BCUT2D eigenvalue weighted by Gasteiger charge is 2.56. The smallest absolute Gasteiger partial charge is 0.326 e. The number of urea groups is 1. The molecule has 0 saturated carbocycles. The molecule has 5 atom stereocenters. The van der Waals surface area contributed by atoms with Crippen LogP contribution >= 0.6 is 0 Å². The van der Waals surface area contributed by atoms with Gasteiger partial charge in [0.05, 0.1) is 19.6 Å². The summed E-state index contributed by atoms with van der Waals surface area (Å²) in [7, 11) is -3.74. The Hall–Kier alpha value is -8.41. The maximum Gasteiger partial charge on any atom is 0.326 e. The normalized spacial score (nSPS) is 15.5. The van der Waals surface area contributed by atoms with Crippen LogP contribution in [0.1, 0.15) is 161 Å². The summed E-state index contributed by atoms with van der Waals surface area (Å²) in [6.07, 6.45) is 2.12. The number of nitrogens with zero attached hydrogens (tertiary/aromatic N) is 4. The third kappa shape index (κ3) is 33.8. The number of carbonyl (C=O) groups excluding carboxylic acids is 6. The molecule has 1 aromatic carbocycles. The minimum Gasteiger partial charge on any atom is -0.481 e. The van der Waals surface area contributed by atoms with Crippen molar-refractivity contribution in [2.45, 2.75) is 191 Å². The van der Waals surface area contributed by atoms with Gasteiger partial charge >= 0.3 is 53.8 Å². The standard InChI is InChI=1S/C64H104FN11O22Si/c1-63(2,3)99(65,64(4,5)6)43-24-22-42(23-25-43)56(88)68-38-47(69-51(79)27-26-48(61(96)97)76-36-34-74(40-54(84)85)32-30-73(39-53(82)83)31-33-75(35-37-76)41-55(86)87)57(89)70-44(58(90)91)16-11-13-28-66-49(77)19-9-7-8-10-20-50(78)67-29-14-12-17-45(59(92)93)71-62(98)72-46(60(94)95)18-15-21-52(80)81/h22-25,44-48H,7-21,26-41H2,1-6H3,(H,66,77)(H,67,78)(H,68,88)(H,69,79)(H,70,89)(H,80,81)(H,82,83)(H,84,85)(H,86,87)(H,90,91)(H,92,93)(H,94,95)(H,96,97)(H2,71,72,98)/t44?,45-,46-,47?,48?/m0/s1. The molecule has 99 heavy (non-hydrogen) atoms. The summed E-state index contributed by atoms with van der Waals surface area (Å²) >= 11 is 0. The van der Waals surface area contributed by atoms with Gasteiger partial charge in [0.2, 0.25) is 23.6 Å². The van der Waals surface area contributed by atoms with Crippen molar-refractivity contribution in [2.24, 2.45) is 0 Å². The number of rotatable bonds is 44. The molecule has 2 rings (SSSR count). The number of halogens is 1. The summed E-state index contributed by atoms with van der Waals surface area (Å²) in [5.74, 6) is -13.5. The molecule has 3 unspecified atom stereocenters. The van der Waals surface area contributed by atoms with Crippen molar-refractivity contribution < 1.29 is 112 Å². The van der Waals surface area contributed by atoms with Crippen LogP contribution in [0, 0.1) is 0 Å². The Labute approximate surface area is 576 Å².